The predicted molar refractivity (Wildman–Crippen MR) is 117 cm³/mol. The molecule has 160 valence electrons. The van der Waals surface area contributed by atoms with Crippen molar-refractivity contribution in [1.29, 1.82) is 0 Å². The van der Waals surface area contributed by atoms with Gasteiger partial charge in [0.25, 0.3) is 0 Å². The lowest BCUT2D eigenvalue weighted by Gasteiger charge is -2.33. The number of carbonyl (C=O) groups is 4. The zero-order chi connectivity index (χ0) is 22.7. The molecule has 0 aromatic heterocycles. The minimum absolute atomic E-state index is 0.0930. The van der Waals surface area contributed by atoms with Crippen molar-refractivity contribution in [2.75, 3.05) is 17.3 Å². The van der Waals surface area contributed by atoms with E-state index >= 15 is 0 Å². The number of hydrogen-bond donors (Lipinski definition) is 1. The van der Waals surface area contributed by atoms with Crippen molar-refractivity contribution in [3.63, 3.8) is 0 Å². The second-order valence-electron chi connectivity index (χ2n) is 7.08. The molecule has 7 nitrogen and oxygen atoms in total. The second kappa shape index (κ2) is 9.14. The van der Waals surface area contributed by atoms with E-state index < -0.39 is 17.8 Å². The molecule has 2 aromatic rings. The first kappa shape index (κ1) is 22.2. The van der Waals surface area contributed by atoms with Crippen molar-refractivity contribution in [2.24, 2.45) is 5.92 Å². The van der Waals surface area contributed by atoms with Crippen molar-refractivity contribution in [2.45, 2.75) is 20.3 Å². The summed E-state index contributed by atoms with van der Waals surface area (Å²) in [6.45, 7) is 3.05. The summed E-state index contributed by atoms with van der Waals surface area (Å²) in [5.74, 6) is -2.64. The fourth-order valence-corrected chi connectivity index (χ4v) is 3.62. The van der Waals surface area contributed by atoms with Crippen molar-refractivity contribution >= 4 is 46.5 Å². The number of allylic oxidation sites excluding steroid dienone is 1. The lowest BCUT2D eigenvalue weighted by molar-refractivity contribution is -0.138. The number of ether oxygens (including phenoxy) is 1. The van der Waals surface area contributed by atoms with E-state index in [9.17, 15) is 19.2 Å². The first-order valence-electron chi connectivity index (χ1n) is 9.52. The molecule has 0 fully saturated rings. The predicted octanol–water partition coefficient (Wildman–Crippen LogP) is 3.98. The monoisotopic (exact) mass is 440 g/mol. The molecule has 2 amide bonds. The van der Waals surface area contributed by atoms with Crippen LogP contribution in [0.4, 0.5) is 11.4 Å². The van der Waals surface area contributed by atoms with Gasteiger partial charge in [0.1, 0.15) is 0 Å². The third-order valence-corrected chi connectivity index (χ3v) is 5.32. The number of rotatable bonds is 5. The van der Waals surface area contributed by atoms with Gasteiger partial charge in [-0.1, -0.05) is 11.6 Å². The Morgan fingerprint density at radius 2 is 1.68 bits per heavy atom. The van der Waals surface area contributed by atoms with Gasteiger partial charge in [-0.25, -0.2) is 4.79 Å². The van der Waals surface area contributed by atoms with Crippen LogP contribution in [-0.4, -0.2) is 30.7 Å². The van der Waals surface area contributed by atoms with Crippen LogP contribution in [-0.2, 0) is 19.1 Å². The molecule has 1 N–H and O–H groups in total. The minimum Gasteiger partial charge on any atom is -0.466 e. The summed E-state index contributed by atoms with van der Waals surface area (Å²) in [5, 5.41) is 3.22. The van der Waals surface area contributed by atoms with E-state index in [1.165, 1.54) is 18.9 Å². The lowest BCUT2D eigenvalue weighted by atomic mass is 9.88. The molecule has 0 radical (unpaired) electrons. The van der Waals surface area contributed by atoms with E-state index in [2.05, 4.69) is 5.32 Å². The van der Waals surface area contributed by atoms with Crippen LogP contribution in [0.5, 0.6) is 0 Å². The van der Waals surface area contributed by atoms with Crippen molar-refractivity contribution in [1.82, 2.24) is 0 Å². The molecule has 31 heavy (non-hydrogen) atoms. The average molecular weight is 441 g/mol. The third-order valence-electron chi connectivity index (χ3n) is 5.07. The maximum Gasteiger partial charge on any atom is 0.336 e. The number of halogens is 1. The minimum atomic E-state index is -1.02. The fourth-order valence-electron chi connectivity index (χ4n) is 3.50. The maximum atomic E-state index is 13.0. The summed E-state index contributed by atoms with van der Waals surface area (Å²) in [7, 11) is 1.22. The quantitative estimate of drug-likeness (QED) is 0.560. The number of carbonyl (C=O) groups excluding carboxylic acids is 4. The van der Waals surface area contributed by atoms with E-state index in [1.54, 1.807) is 55.5 Å². The van der Waals surface area contributed by atoms with Gasteiger partial charge in [-0.15, -0.1) is 0 Å². The number of esters is 1. The van der Waals surface area contributed by atoms with Crippen LogP contribution in [0.2, 0.25) is 5.02 Å². The highest BCUT2D eigenvalue weighted by atomic mass is 35.5. The van der Waals surface area contributed by atoms with Gasteiger partial charge in [0, 0.05) is 34.1 Å². The van der Waals surface area contributed by atoms with E-state index in [0.29, 0.717) is 27.7 Å². The largest absolute Gasteiger partial charge is 0.466 e. The zero-order valence-corrected chi connectivity index (χ0v) is 18.0. The number of amides is 2. The van der Waals surface area contributed by atoms with Crippen molar-refractivity contribution in [3.8, 4) is 0 Å². The average Bonchev–Trinajstić information content (AvgIpc) is 2.74. The molecule has 8 heteroatoms. The molecule has 1 aliphatic rings. The van der Waals surface area contributed by atoms with Gasteiger partial charge in [0.15, 0.2) is 5.78 Å². The summed E-state index contributed by atoms with van der Waals surface area (Å²) in [6.07, 6.45) is -0.207. The van der Waals surface area contributed by atoms with Crippen LogP contribution in [0.3, 0.4) is 0 Å². The number of nitrogens with one attached hydrogen (secondary N) is 1. The first-order valence-corrected chi connectivity index (χ1v) is 9.90. The van der Waals surface area contributed by atoms with E-state index in [0.717, 1.165) is 0 Å². The fraction of sp³-hybridized carbons (Fsp3) is 0.217. The number of Topliss-reactive ketones (excluding diaryl/α,β-unsaturated/α-hetero) is 1. The normalized spacial score (nSPS) is 16.2. The highest BCUT2D eigenvalue weighted by Crippen LogP contribution is 2.34. The molecule has 1 atom stereocenters. The molecular weight excluding hydrogens is 420 g/mol. The maximum absolute atomic E-state index is 13.0. The topological polar surface area (TPSA) is 92.8 Å². The standard InChI is InChI=1S/C23H21ClN2O5/c1-13-21(23(30)31-3)19(12-20(28)26(13)18-10-6-16(24)7-11-18)22(29)25-17-8-4-15(5-9-17)14(2)27/h4-11,19H,12H2,1-3H3,(H,25,29)/t19-/m1/s1. The number of benzene rings is 2. The molecular formula is C23H21ClN2O5. The molecule has 0 saturated heterocycles. The zero-order valence-electron chi connectivity index (χ0n) is 17.3. The Balaban J connectivity index is 1.94. The first-order chi connectivity index (χ1) is 14.7. The molecule has 2 aromatic carbocycles. The van der Waals surface area contributed by atoms with Gasteiger partial charge in [-0.2, -0.15) is 0 Å². The SMILES string of the molecule is COC(=O)C1=C(C)N(c2ccc(Cl)cc2)C(=O)C[C@H]1C(=O)Nc1ccc(C(C)=O)cc1. The number of anilines is 2. The van der Waals surface area contributed by atoms with Crippen molar-refractivity contribution in [3.05, 3.63) is 70.4 Å². The van der Waals surface area contributed by atoms with Crippen LogP contribution in [0.25, 0.3) is 0 Å². The van der Waals surface area contributed by atoms with Gasteiger partial charge >= 0.3 is 5.97 Å². The Labute approximate surface area is 184 Å². The Bertz CT molecular complexity index is 1070. The third kappa shape index (κ3) is 4.67. The smallest absolute Gasteiger partial charge is 0.336 e. The van der Waals surface area contributed by atoms with Crippen LogP contribution < -0.4 is 10.2 Å². The molecule has 1 aliphatic heterocycles. The van der Waals surface area contributed by atoms with Gasteiger partial charge in [-0.3, -0.25) is 19.3 Å². The highest BCUT2D eigenvalue weighted by molar-refractivity contribution is 6.30. The molecule has 1 heterocycles. The van der Waals surface area contributed by atoms with Gasteiger partial charge in [0.05, 0.1) is 18.6 Å². The molecule has 3 rings (SSSR count). The van der Waals surface area contributed by atoms with E-state index in [-0.39, 0.29) is 23.7 Å². The Morgan fingerprint density at radius 1 is 1.06 bits per heavy atom. The summed E-state index contributed by atoms with van der Waals surface area (Å²) in [4.78, 5) is 51.3. The van der Waals surface area contributed by atoms with E-state index in [1.807, 2.05) is 0 Å². The summed E-state index contributed by atoms with van der Waals surface area (Å²) < 4.78 is 4.90. The van der Waals surface area contributed by atoms with Crippen LogP contribution in [0.15, 0.2) is 59.8 Å². The van der Waals surface area contributed by atoms with Gasteiger partial charge in [0.2, 0.25) is 11.8 Å². The Kier molecular flexibility index (Phi) is 6.56. The molecule has 0 aliphatic carbocycles. The highest BCUT2D eigenvalue weighted by Gasteiger charge is 2.40. The van der Waals surface area contributed by atoms with Crippen molar-refractivity contribution < 1.29 is 23.9 Å². The Hall–Kier alpha value is -3.45. The van der Waals surface area contributed by atoms with Gasteiger partial charge in [-0.05, 0) is 62.4 Å². The number of ketones is 1. The summed E-state index contributed by atoms with van der Waals surface area (Å²) in [6, 6.07) is 13.0. The number of methoxy groups -OCH3 is 1. The number of nitrogens with zero attached hydrogens (tertiary/aromatic N) is 1. The lowest BCUT2D eigenvalue weighted by Crippen LogP contribution is -2.43. The Morgan fingerprint density at radius 3 is 2.23 bits per heavy atom. The van der Waals surface area contributed by atoms with Crippen LogP contribution >= 0.6 is 11.6 Å². The second-order valence-corrected chi connectivity index (χ2v) is 7.51. The summed E-state index contributed by atoms with van der Waals surface area (Å²) in [5.41, 5.74) is 1.92. The number of hydrogen-bond acceptors (Lipinski definition) is 5. The van der Waals surface area contributed by atoms with E-state index in [4.69, 9.17) is 16.3 Å². The van der Waals surface area contributed by atoms with Crippen LogP contribution in [0.1, 0.15) is 30.6 Å². The van der Waals surface area contributed by atoms with Gasteiger partial charge < -0.3 is 10.1 Å². The molecule has 0 spiro atoms. The molecule has 0 bridgehead atoms. The molecule has 0 unspecified atom stereocenters. The molecule has 0 saturated carbocycles. The van der Waals surface area contributed by atoms with Crippen LogP contribution in [0, 0.1) is 5.92 Å². The summed E-state index contributed by atoms with van der Waals surface area (Å²) >= 11 is 5.93.